The summed E-state index contributed by atoms with van der Waals surface area (Å²) in [6, 6.07) is 13.5. The number of anilines is 2. The van der Waals surface area contributed by atoms with Crippen molar-refractivity contribution >= 4 is 34.7 Å². The lowest BCUT2D eigenvalue weighted by Gasteiger charge is -2.11. The third-order valence-corrected chi connectivity index (χ3v) is 6.17. The van der Waals surface area contributed by atoms with Crippen molar-refractivity contribution in [3.63, 3.8) is 0 Å². The number of aromatic nitrogens is 4. The first kappa shape index (κ1) is 26.1. The van der Waals surface area contributed by atoms with E-state index in [1.54, 1.807) is 38.2 Å². The van der Waals surface area contributed by atoms with Crippen LogP contribution in [0.15, 0.2) is 66.9 Å². The number of halogens is 5. The summed E-state index contributed by atoms with van der Waals surface area (Å²) in [6.45, 7) is 1.64. The Morgan fingerprint density at radius 1 is 1.03 bits per heavy atom. The number of pyridine rings is 1. The van der Waals surface area contributed by atoms with Crippen molar-refractivity contribution in [2.45, 2.75) is 13.1 Å². The first-order valence-electron chi connectivity index (χ1n) is 11.5. The van der Waals surface area contributed by atoms with E-state index in [1.807, 2.05) is 0 Å². The van der Waals surface area contributed by atoms with Crippen LogP contribution >= 0.6 is 11.6 Å². The highest BCUT2D eigenvalue weighted by atomic mass is 35.5. The maximum Gasteiger partial charge on any atom is 0.416 e. The summed E-state index contributed by atoms with van der Waals surface area (Å²) in [7, 11) is 1.70. The van der Waals surface area contributed by atoms with Gasteiger partial charge < -0.3 is 10.6 Å². The summed E-state index contributed by atoms with van der Waals surface area (Å²) in [4.78, 5) is 21.7. The molecule has 5 aromatic rings. The maximum absolute atomic E-state index is 14.0. The molecule has 0 saturated carbocycles. The topological polar surface area (TPSA) is 84.2 Å². The van der Waals surface area contributed by atoms with Gasteiger partial charge in [-0.05, 0) is 61.0 Å². The van der Waals surface area contributed by atoms with Crippen molar-refractivity contribution < 1.29 is 22.4 Å². The van der Waals surface area contributed by atoms with E-state index < -0.39 is 17.6 Å². The van der Waals surface area contributed by atoms with Gasteiger partial charge in [0.15, 0.2) is 10.8 Å². The largest absolute Gasteiger partial charge is 0.416 e. The number of nitrogens with one attached hydrogen (secondary N) is 2. The second kappa shape index (κ2) is 9.99. The van der Waals surface area contributed by atoms with Crippen LogP contribution in [0.3, 0.4) is 0 Å². The zero-order valence-electron chi connectivity index (χ0n) is 20.4. The van der Waals surface area contributed by atoms with Gasteiger partial charge in [-0.3, -0.25) is 4.79 Å². The van der Waals surface area contributed by atoms with Crippen molar-refractivity contribution in [1.82, 2.24) is 19.6 Å². The van der Waals surface area contributed by atoms with Gasteiger partial charge in [0.25, 0.3) is 5.91 Å². The molecule has 0 spiro atoms. The van der Waals surface area contributed by atoms with Crippen LogP contribution in [0.4, 0.5) is 29.1 Å². The van der Waals surface area contributed by atoms with Crippen LogP contribution in [0, 0.1) is 12.7 Å². The first-order chi connectivity index (χ1) is 18.5. The molecule has 39 heavy (non-hydrogen) atoms. The van der Waals surface area contributed by atoms with Gasteiger partial charge in [0, 0.05) is 36.0 Å². The van der Waals surface area contributed by atoms with Crippen LogP contribution in [0.25, 0.3) is 28.2 Å². The van der Waals surface area contributed by atoms with Crippen LogP contribution in [0.1, 0.15) is 21.5 Å². The second-order valence-corrected chi connectivity index (χ2v) is 8.99. The molecule has 0 saturated heterocycles. The van der Waals surface area contributed by atoms with Gasteiger partial charge >= 0.3 is 6.18 Å². The summed E-state index contributed by atoms with van der Waals surface area (Å²) < 4.78 is 54.9. The van der Waals surface area contributed by atoms with E-state index in [0.717, 1.165) is 18.2 Å². The molecule has 2 aromatic carbocycles. The lowest BCUT2D eigenvalue weighted by molar-refractivity contribution is -0.137. The number of carbonyl (C=O) groups excluding carboxylic acids is 1. The highest BCUT2D eigenvalue weighted by molar-refractivity contribution is 6.29. The zero-order chi connectivity index (χ0) is 27.9. The third kappa shape index (κ3) is 5.13. The van der Waals surface area contributed by atoms with Crippen LogP contribution in [-0.4, -0.2) is 32.5 Å². The van der Waals surface area contributed by atoms with Gasteiger partial charge in [-0.25, -0.2) is 18.9 Å². The predicted molar refractivity (Wildman–Crippen MR) is 140 cm³/mol. The average molecular weight is 555 g/mol. The number of nitrogens with zero attached hydrogens (tertiary/aromatic N) is 4. The summed E-state index contributed by atoms with van der Waals surface area (Å²) in [6.07, 6.45) is -3.16. The summed E-state index contributed by atoms with van der Waals surface area (Å²) in [5.41, 5.74) is 2.40. The van der Waals surface area contributed by atoms with Crippen molar-refractivity contribution in [3.05, 3.63) is 94.5 Å². The van der Waals surface area contributed by atoms with Gasteiger partial charge in [-0.2, -0.15) is 18.3 Å². The van der Waals surface area contributed by atoms with Crippen LogP contribution < -0.4 is 10.6 Å². The van der Waals surface area contributed by atoms with Crippen molar-refractivity contribution in [3.8, 4) is 22.5 Å². The number of aryl methyl sites for hydroxylation is 1. The van der Waals surface area contributed by atoms with Gasteiger partial charge in [0.05, 0.1) is 16.9 Å². The van der Waals surface area contributed by atoms with Gasteiger partial charge in [0.1, 0.15) is 17.3 Å². The number of rotatable bonds is 5. The molecule has 12 heteroatoms. The zero-order valence-corrected chi connectivity index (χ0v) is 21.2. The Morgan fingerprint density at radius 3 is 2.54 bits per heavy atom. The Kier molecular flexibility index (Phi) is 6.69. The Hall–Kier alpha value is -4.51. The van der Waals surface area contributed by atoms with Gasteiger partial charge in [-0.1, -0.05) is 17.7 Å². The highest BCUT2D eigenvalue weighted by Gasteiger charge is 2.31. The summed E-state index contributed by atoms with van der Waals surface area (Å²) >= 11 is 6.28. The standard InChI is InChI=1S/C27H19ClF4N6O/c1-14-10-15(6-7-19(14)29)23-24(38-25(36-23)20(33-2)13-21(28)37-38)16-8-9-34-22(12-16)35-26(39)17-4-3-5-18(11-17)27(30,31)32/h3-13,33H,1-2H3,(H,34,35,39). The van der Waals surface area contributed by atoms with Crippen LogP contribution in [0.2, 0.25) is 5.15 Å². The normalized spacial score (nSPS) is 11.6. The van der Waals surface area contributed by atoms with E-state index in [-0.39, 0.29) is 22.4 Å². The smallest absolute Gasteiger partial charge is 0.385 e. The Balaban J connectivity index is 1.61. The van der Waals surface area contributed by atoms with E-state index in [4.69, 9.17) is 16.6 Å². The Labute approximate surface area is 224 Å². The lowest BCUT2D eigenvalue weighted by Crippen LogP contribution is -2.14. The molecule has 3 aromatic heterocycles. The highest BCUT2D eigenvalue weighted by Crippen LogP contribution is 2.36. The van der Waals surface area contributed by atoms with E-state index >= 15 is 0 Å². The molecule has 1 amide bonds. The number of imidazole rings is 1. The molecule has 0 radical (unpaired) electrons. The monoisotopic (exact) mass is 554 g/mol. The fraction of sp³-hybridized carbons (Fsp3) is 0.111. The maximum atomic E-state index is 14.0. The molecule has 3 heterocycles. The van der Waals surface area contributed by atoms with Gasteiger partial charge in [0.2, 0.25) is 0 Å². The Morgan fingerprint density at radius 2 is 1.82 bits per heavy atom. The molecule has 0 fully saturated rings. The SMILES string of the molecule is CNc1cc(Cl)nn2c(-c3ccnc(NC(=O)c4cccc(C(F)(F)F)c4)c3)c(-c3ccc(F)c(C)c3)nc12. The number of hydrogen-bond donors (Lipinski definition) is 2. The van der Waals surface area contributed by atoms with E-state index in [9.17, 15) is 22.4 Å². The van der Waals surface area contributed by atoms with Crippen molar-refractivity contribution in [2.24, 2.45) is 0 Å². The molecule has 7 nitrogen and oxygen atoms in total. The minimum absolute atomic E-state index is 0.0852. The second-order valence-electron chi connectivity index (χ2n) is 8.60. The number of carbonyl (C=O) groups is 1. The number of benzene rings is 2. The molecule has 0 aliphatic carbocycles. The van der Waals surface area contributed by atoms with E-state index in [1.165, 1.54) is 28.9 Å². The molecule has 0 aliphatic heterocycles. The number of amides is 1. The van der Waals surface area contributed by atoms with Crippen LogP contribution in [-0.2, 0) is 6.18 Å². The van der Waals surface area contributed by atoms with Gasteiger partial charge in [-0.15, -0.1) is 0 Å². The molecule has 0 aliphatic rings. The molecule has 0 unspecified atom stereocenters. The molecular weight excluding hydrogens is 536 g/mol. The molecule has 5 rings (SSSR count). The Bertz CT molecular complexity index is 1730. The number of alkyl halides is 3. The predicted octanol–water partition coefficient (Wildman–Crippen LogP) is 6.87. The van der Waals surface area contributed by atoms with Crippen LogP contribution in [0.5, 0.6) is 0 Å². The number of fused-ring (bicyclic) bond motifs is 1. The fourth-order valence-electron chi connectivity index (χ4n) is 4.10. The van der Waals surface area contributed by atoms with E-state index in [0.29, 0.717) is 39.4 Å². The first-order valence-corrected chi connectivity index (χ1v) is 11.9. The lowest BCUT2D eigenvalue weighted by atomic mass is 10.0. The quantitative estimate of drug-likeness (QED) is 0.232. The summed E-state index contributed by atoms with van der Waals surface area (Å²) in [5, 5.41) is 10.2. The van der Waals surface area contributed by atoms with Crippen molar-refractivity contribution in [1.29, 1.82) is 0 Å². The molecule has 0 bridgehead atoms. The summed E-state index contributed by atoms with van der Waals surface area (Å²) in [5.74, 6) is -1.05. The minimum atomic E-state index is -4.59. The van der Waals surface area contributed by atoms with Crippen molar-refractivity contribution in [2.75, 3.05) is 17.7 Å². The molecular formula is C27H19ClF4N6O. The minimum Gasteiger partial charge on any atom is -0.385 e. The molecule has 0 atom stereocenters. The third-order valence-electron chi connectivity index (χ3n) is 5.98. The molecule has 198 valence electrons. The average Bonchev–Trinajstić information content (AvgIpc) is 3.28. The number of hydrogen-bond acceptors (Lipinski definition) is 5. The fourth-order valence-corrected chi connectivity index (χ4v) is 4.28. The molecule has 2 N–H and O–H groups in total. The van der Waals surface area contributed by atoms with E-state index in [2.05, 4.69) is 20.7 Å².